The van der Waals surface area contributed by atoms with Crippen molar-refractivity contribution >= 4 is 11.9 Å². The summed E-state index contributed by atoms with van der Waals surface area (Å²) in [6.07, 6.45) is -0.230. The number of rotatable bonds is 4. The van der Waals surface area contributed by atoms with Crippen LogP contribution in [0.25, 0.3) is 0 Å². The van der Waals surface area contributed by atoms with E-state index in [1.165, 1.54) is 12.1 Å². The standard InChI is InChI=1S/C13H16FNO3/c1-8-4-5-10(14)9(6-8)12(18)15-13(2,3)7-11(16)17/h4-6H,7H2,1-3H3,(H,15,18)(H,16,17). The van der Waals surface area contributed by atoms with Crippen LogP contribution in [0.5, 0.6) is 0 Å². The highest BCUT2D eigenvalue weighted by atomic mass is 19.1. The predicted octanol–water partition coefficient (Wildman–Crippen LogP) is 2.12. The van der Waals surface area contributed by atoms with Crippen LogP contribution in [0.15, 0.2) is 18.2 Å². The number of benzene rings is 1. The van der Waals surface area contributed by atoms with Crippen molar-refractivity contribution in [1.29, 1.82) is 0 Å². The summed E-state index contributed by atoms with van der Waals surface area (Å²) in [4.78, 5) is 22.5. The molecule has 98 valence electrons. The van der Waals surface area contributed by atoms with E-state index < -0.39 is 23.2 Å². The number of amides is 1. The second kappa shape index (κ2) is 5.16. The van der Waals surface area contributed by atoms with Gasteiger partial charge in [0.25, 0.3) is 5.91 Å². The van der Waals surface area contributed by atoms with Crippen LogP contribution >= 0.6 is 0 Å². The van der Waals surface area contributed by atoms with Crippen LogP contribution in [-0.2, 0) is 4.79 Å². The topological polar surface area (TPSA) is 66.4 Å². The van der Waals surface area contributed by atoms with Crippen LogP contribution in [0.1, 0.15) is 36.2 Å². The lowest BCUT2D eigenvalue weighted by molar-refractivity contribution is -0.138. The maximum atomic E-state index is 13.5. The number of halogens is 1. The molecule has 0 saturated heterocycles. The molecule has 0 aromatic heterocycles. The number of carbonyl (C=O) groups is 2. The van der Waals surface area contributed by atoms with E-state index in [0.717, 1.165) is 5.56 Å². The average molecular weight is 253 g/mol. The highest BCUT2D eigenvalue weighted by Crippen LogP contribution is 2.14. The van der Waals surface area contributed by atoms with Gasteiger partial charge in [-0.15, -0.1) is 0 Å². The van der Waals surface area contributed by atoms with Crippen LogP contribution < -0.4 is 5.32 Å². The fourth-order valence-electron chi connectivity index (χ4n) is 1.61. The molecule has 0 bridgehead atoms. The summed E-state index contributed by atoms with van der Waals surface area (Å²) >= 11 is 0. The molecule has 0 spiro atoms. The fourth-order valence-corrected chi connectivity index (χ4v) is 1.61. The number of carbonyl (C=O) groups excluding carboxylic acids is 1. The van der Waals surface area contributed by atoms with Gasteiger partial charge < -0.3 is 10.4 Å². The van der Waals surface area contributed by atoms with Crippen LogP contribution in [0.4, 0.5) is 4.39 Å². The normalized spacial score (nSPS) is 11.1. The van der Waals surface area contributed by atoms with Crippen molar-refractivity contribution in [2.24, 2.45) is 0 Å². The number of aliphatic carboxylic acids is 1. The first kappa shape index (κ1) is 14.2. The van der Waals surface area contributed by atoms with Crippen molar-refractivity contribution in [2.75, 3.05) is 0 Å². The zero-order valence-corrected chi connectivity index (χ0v) is 10.6. The summed E-state index contributed by atoms with van der Waals surface area (Å²) in [5.41, 5.74) is -0.245. The Bertz CT molecular complexity index is 483. The number of aryl methyl sites for hydroxylation is 1. The van der Waals surface area contributed by atoms with Gasteiger partial charge >= 0.3 is 5.97 Å². The Morgan fingerprint density at radius 3 is 2.56 bits per heavy atom. The Balaban J connectivity index is 2.88. The molecule has 1 rings (SSSR count). The van der Waals surface area contributed by atoms with E-state index in [4.69, 9.17) is 5.11 Å². The number of carboxylic acids is 1. The van der Waals surface area contributed by atoms with Crippen molar-refractivity contribution in [3.63, 3.8) is 0 Å². The van der Waals surface area contributed by atoms with Crippen molar-refractivity contribution in [3.8, 4) is 0 Å². The molecule has 18 heavy (non-hydrogen) atoms. The van der Waals surface area contributed by atoms with Gasteiger partial charge in [-0.25, -0.2) is 4.39 Å². The van der Waals surface area contributed by atoms with Gasteiger partial charge in [0.2, 0.25) is 0 Å². The first-order chi connectivity index (χ1) is 8.21. The highest BCUT2D eigenvalue weighted by molar-refractivity contribution is 5.95. The molecule has 0 atom stereocenters. The third kappa shape index (κ3) is 3.84. The predicted molar refractivity (Wildman–Crippen MR) is 64.9 cm³/mol. The zero-order chi connectivity index (χ0) is 13.9. The minimum Gasteiger partial charge on any atom is -0.481 e. The smallest absolute Gasteiger partial charge is 0.305 e. The molecule has 2 N–H and O–H groups in total. The van der Waals surface area contributed by atoms with E-state index in [0.29, 0.717) is 0 Å². The molecule has 0 aliphatic rings. The molecule has 0 fully saturated rings. The highest BCUT2D eigenvalue weighted by Gasteiger charge is 2.25. The monoisotopic (exact) mass is 253 g/mol. The van der Waals surface area contributed by atoms with E-state index in [9.17, 15) is 14.0 Å². The summed E-state index contributed by atoms with van der Waals surface area (Å²) < 4.78 is 13.5. The van der Waals surface area contributed by atoms with E-state index in [2.05, 4.69) is 5.32 Å². The Labute approximate surface area is 105 Å². The molecule has 1 aromatic rings. The molecule has 1 amide bonds. The molecule has 5 heteroatoms. The zero-order valence-electron chi connectivity index (χ0n) is 10.6. The molecule has 1 aromatic carbocycles. The molecule has 0 saturated carbocycles. The van der Waals surface area contributed by atoms with Gasteiger partial charge in [-0.2, -0.15) is 0 Å². The first-order valence-electron chi connectivity index (χ1n) is 5.52. The molecule has 0 aliphatic heterocycles. The van der Waals surface area contributed by atoms with E-state index in [-0.39, 0.29) is 12.0 Å². The molecule has 0 heterocycles. The molecule has 4 nitrogen and oxygen atoms in total. The molecule has 0 radical (unpaired) electrons. The lowest BCUT2D eigenvalue weighted by atomic mass is 9.99. The van der Waals surface area contributed by atoms with Crippen molar-refractivity contribution < 1.29 is 19.1 Å². The molecule has 0 unspecified atom stereocenters. The van der Waals surface area contributed by atoms with E-state index >= 15 is 0 Å². The second-order valence-corrected chi connectivity index (χ2v) is 4.89. The largest absolute Gasteiger partial charge is 0.481 e. The van der Waals surface area contributed by atoms with Gasteiger partial charge in [-0.1, -0.05) is 11.6 Å². The Morgan fingerprint density at radius 2 is 2.00 bits per heavy atom. The van der Waals surface area contributed by atoms with Gasteiger partial charge in [-0.05, 0) is 32.9 Å². The minimum absolute atomic E-state index is 0.0755. The van der Waals surface area contributed by atoms with Crippen LogP contribution in [0.2, 0.25) is 0 Å². The first-order valence-corrected chi connectivity index (χ1v) is 5.52. The van der Waals surface area contributed by atoms with E-state index in [1.54, 1.807) is 26.8 Å². The molecule has 0 aliphatic carbocycles. The number of nitrogens with one attached hydrogen (secondary N) is 1. The quantitative estimate of drug-likeness (QED) is 0.863. The SMILES string of the molecule is Cc1ccc(F)c(C(=O)NC(C)(C)CC(=O)O)c1. The van der Waals surface area contributed by atoms with Gasteiger partial charge in [-0.3, -0.25) is 9.59 Å². The molecular weight excluding hydrogens is 237 g/mol. The van der Waals surface area contributed by atoms with Crippen molar-refractivity contribution in [3.05, 3.63) is 35.1 Å². The summed E-state index contributed by atoms with van der Waals surface area (Å²) in [5.74, 6) is -2.25. The summed E-state index contributed by atoms with van der Waals surface area (Å²) in [6, 6.07) is 4.21. The number of hydrogen-bond acceptors (Lipinski definition) is 2. The van der Waals surface area contributed by atoms with E-state index in [1.807, 2.05) is 0 Å². The average Bonchev–Trinajstić information content (AvgIpc) is 2.18. The van der Waals surface area contributed by atoms with Crippen LogP contribution in [-0.4, -0.2) is 22.5 Å². The van der Waals surface area contributed by atoms with Gasteiger partial charge in [0.05, 0.1) is 12.0 Å². The molecular formula is C13H16FNO3. The minimum atomic E-state index is -1.02. The fraction of sp³-hybridized carbons (Fsp3) is 0.385. The van der Waals surface area contributed by atoms with Gasteiger partial charge in [0.15, 0.2) is 0 Å². The van der Waals surface area contributed by atoms with Crippen molar-refractivity contribution in [2.45, 2.75) is 32.7 Å². The number of hydrogen-bond donors (Lipinski definition) is 2. The lowest BCUT2D eigenvalue weighted by Crippen LogP contribution is -2.45. The Kier molecular flexibility index (Phi) is 4.06. The van der Waals surface area contributed by atoms with Gasteiger partial charge in [0, 0.05) is 5.54 Å². The number of carboxylic acid groups (broad SMARTS) is 1. The third-order valence-corrected chi connectivity index (χ3v) is 2.41. The maximum Gasteiger partial charge on any atom is 0.305 e. The summed E-state index contributed by atoms with van der Waals surface area (Å²) in [6.45, 7) is 4.90. The van der Waals surface area contributed by atoms with Crippen molar-refractivity contribution in [1.82, 2.24) is 5.32 Å². The Hall–Kier alpha value is -1.91. The lowest BCUT2D eigenvalue weighted by Gasteiger charge is -2.24. The van der Waals surface area contributed by atoms with Gasteiger partial charge in [0.1, 0.15) is 5.82 Å². The second-order valence-electron chi connectivity index (χ2n) is 4.89. The summed E-state index contributed by atoms with van der Waals surface area (Å²) in [7, 11) is 0. The van der Waals surface area contributed by atoms with Crippen LogP contribution in [0.3, 0.4) is 0 Å². The summed E-state index contributed by atoms with van der Waals surface area (Å²) in [5, 5.41) is 11.2. The maximum absolute atomic E-state index is 13.5. The third-order valence-electron chi connectivity index (χ3n) is 2.41. The van der Waals surface area contributed by atoms with Crippen LogP contribution in [0, 0.1) is 12.7 Å². The Morgan fingerprint density at radius 1 is 1.39 bits per heavy atom.